The maximum Gasteiger partial charge on any atom is 0.313 e. The molecule has 2 rings (SSSR count). The zero-order chi connectivity index (χ0) is 15.4. The normalized spacial score (nSPS) is 15.6. The number of aliphatic carboxylic acids is 1. The first-order valence-electron chi connectivity index (χ1n) is 6.96. The molecule has 0 radical (unpaired) electrons. The van der Waals surface area contributed by atoms with Crippen LogP contribution in [-0.2, 0) is 4.79 Å². The molecule has 0 saturated carbocycles. The maximum absolute atomic E-state index is 11.5. The third-order valence-electron chi connectivity index (χ3n) is 3.62. The molecule has 3 N–H and O–H groups in total. The Labute approximate surface area is 122 Å². The molecule has 1 aromatic heterocycles. The molecule has 1 heterocycles. The summed E-state index contributed by atoms with van der Waals surface area (Å²) in [7, 11) is 0. The van der Waals surface area contributed by atoms with Gasteiger partial charge in [-0.1, -0.05) is 25.1 Å². The lowest BCUT2D eigenvalue weighted by atomic mass is 9.89. The van der Waals surface area contributed by atoms with Gasteiger partial charge in [0.25, 0.3) is 0 Å². The first-order valence-corrected chi connectivity index (χ1v) is 6.96. The summed E-state index contributed by atoms with van der Waals surface area (Å²) < 4.78 is 0. The van der Waals surface area contributed by atoms with E-state index in [4.69, 9.17) is 0 Å². The van der Waals surface area contributed by atoms with Crippen molar-refractivity contribution in [1.29, 1.82) is 0 Å². The molecule has 3 atom stereocenters. The zero-order valence-corrected chi connectivity index (χ0v) is 11.8. The van der Waals surface area contributed by atoms with Crippen LogP contribution >= 0.6 is 0 Å². The van der Waals surface area contributed by atoms with Crippen LogP contribution in [0.2, 0.25) is 0 Å². The van der Waals surface area contributed by atoms with E-state index in [1.165, 1.54) is 0 Å². The van der Waals surface area contributed by atoms with Gasteiger partial charge in [0.05, 0.1) is 17.7 Å². The fraction of sp³-hybridized carbons (Fsp3) is 0.375. The van der Waals surface area contributed by atoms with Gasteiger partial charge in [0.2, 0.25) is 0 Å². The molecule has 3 unspecified atom stereocenters. The van der Waals surface area contributed by atoms with E-state index in [0.717, 1.165) is 5.39 Å². The molecule has 2 aromatic rings. The molecule has 112 valence electrons. The highest BCUT2D eigenvalue weighted by Crippen LogP contribution is 2.26. The lowest BCUT2D eigenvalue weighted by molar-refractivity contribution is -0.142. The van der Waals surface area contributed by atoms with Gasteiger partial charge in [0, 0.05) is 18.0 Å². The Kier molecular flexibility index (Phi) is 4.88. The SMILES string of the molecule is CCC(O)CC(O)C(C(=O)O)c1ccc2cccnc2c1. The van der Waals surface area contributed by atoms with Gasteiger partial charge in [0.1, 0.15) is 5.92 Å². The number of aliphatic hydroxyl groups excluding tert-OH is 2. The van der Waals surface area contributed by atoms with Gasteiger partial charge >= 0.3 is 5.97 Å². The molecule has 0 saturated heterocycles. The summed E-state index contributed by atoms with van der Waals surface area (Å²) in [6, 6.07) is 8.85. The Balaban J connectivity index is 2.33. The molecule has 0 spiro atoms. The van der Waals surface area contributed by atoms with Crippen molar-refractivity contribution >= 4 is 16.9 Å². The summed E-state index contributed by atoms with van der Waals surface area (Å²) in [6.45, 7) is 1.78. The van der Waals surface area contributed by atoms with Crippen molar-refractivity contribution in [2.24, 2.45) is 0 Å². The summed E-state index contributed by atoms with van der Waals surface area (Å²) in [5.74, 6) is -2.18. The zero-order valence-electron chi connectivity index (χ0n) is 11.8. The molecule has 1 aromatic carbocycles. The number of carbonyl (C=O) groups is 1. The van der Waals surface area contributed by atoms with Crippen molar-refractivity contribution < 1.29 is 20.1 Å². The average Bonchev–Trinajstić information content (AvgIpc) is 2.46. The van der Waals surface area contributed by atoms with Crippen LogP contribution in [0.5, 0.6) is 0 Å². The number of carboxylic acids is 1. The lowest BCUT2D eigenvalue weighted by Crippen LogP contribution is -2.29. The highest BCUT2D eigenvalue weighted by molar-refractivity contribution is 5.83. The molecule has 0 amide bonds. The van der Waals surface area contributed by atoms with E-state index in [0.29, 0.717) is 17.5 Å². The molecular weight excluding hydrogens is 270 g/mol. The molecule has 0 aliphatic carbocycles. The number of carboxylic acid groups (broad SMARTS) is 1. The summed E-state index contributed by atoms with van der Waals surface area (Å²) in [5, 5.41) is 30.1. The lowest BCUT2D eigenvalue weighted by Gasteiger charge is -2.21. The fourth-order valence-corrected chi connectivity index (χ4v) is 2.39. The Morgan fingerprint density at radius 2 is 2.05 bits per heavy atom. The summed E-state index contributed by atoms with van der Waals surface area (Å²) >= 11 is 0. The van der Waals surface area contributed by atoms with E-state index < -0.39 is 24.1 Å². The minimum Gasteiger partial charge on any atom is -0.481 e. The Morgan fingerprint density at radius 3 is 2.71 bits per heavy atom. The minimum atomic E-state index is -1.14. The molecule has 5 nitrogen and oxygen atoms in total. The Hall–Kier alpha value is -1.98. The smallest absolute Gasteiger partial charge is 0.313 e. The average molecular weight is 289 g/mol. The number of hydrogen-bond donors (Lipinski definition) is 3. The highest BCUT2D eigenvalue weighted by Gasteiger charge is 2.29. The van der Waals surface area contributed by atoms with E-state index in [2.05, 4.69) is 4.98 Å². The number of benzene rings is 1. The predicted molar refractivity (Wildman–Crippen MR) is 79.0 cm³/mol. The quantitative estimate of drug-likeness (QED) is 0.756. The Morgan fingerprint density at radius 1 is 1.29 bits per heavy atom. The largest absolute Gasteiger partial charge is 0.481 e. The highest BCUT2D eigenvalue weighted by atomic mass is 16.4. The minimum absolute atomic E-state index is 0.0354. The molecule has 0 aliphatic heterocycles. The van der Waals surface area contributed by atoms with Crippen LogP contribution in [0.1, 0.15) is 31.2 Å². The number of aromatic nitrogens is 1. The predicted octanol–water partition coefficient (Wildman–Crippen LogP) is 1.92. The van der Waals surface area contributed by atoms with Gasteiger partial charge < -0.3 is 15.3 Å². The van der Waals surface area contributed by atoms with Gasteiger partial charge in [-0.15, -0.1) is 0 Å². The van der Waals surface area contributed by atoms with Gasteiger partial charge in [-0.05, 0) is 24.1 Å². The van der Waals surface area contributed by atoms with E-state index in [9.17, 15) is 20.1 Å². The number of nitrogens with zero attached hydrogens (tertiary/aromatic N) is 1. The first-order chi connectivity index (χ1) is 10.0. The van der Waals surface area contributed by atoms with Gasteiger partial charge in [-0.2, -0.15) is 0 Å². The Bertz CT molecular complexity index is 628. The number of aliphatic hydroxyl groups is 2. The fourth-order valence-electron chi connectivity index (χ4n) is 2.39. The van der Waals surface area contributed by atoms with Crippen molar-refractivity contribution in [3.8, 4) is 0 Å². The summed E-state index contributed by atoms with van der Waals surface area (Å²) in [5.41, 5.74) is 1.17. The number of hydrogen-bond acceptors (Lipinski definition) is 4. The molecule has 0 bridgehead atoms. The third-order valence-corrected chi connectivity index (χ3v) is 3.62. The number of rotatable bonds is 6. The monoisotopic (exact) mass is 289 g/mol. The van der Waals surface area contributed by atoms with Gasteiger partial charge in [-0.3, -0.25) is 9.78 Å². The molecule has 0 aliphatic rings. The van der Waals surface area contributed by atoms with E-state index in [-0.39, 0.29) is 6.42 Å². The second-order valence-electron chi connectivity index (χ2n) is 5.14. The van der Waals surface area contributed by atoms with Crippen LogP contribution in [0.3, 0.4) is 0 Å². The van der Waals surface area contributed by atoms with Crippen LogP contribution in [0.15, 0.2) is 36.5 Å². The van der Waals surface area contributed by atoms with Crippen molar-refractivity contribution in [1.82, 2.24) is 4.98 Å². The van der Waals surface area contributed by atoms with Gasteiger partial charge in [-0.25, -0.2) is 0 Å². The number of fused-ring (bicyclic) bond motifs is 1. The van der Waals surface area contributed by atoms with E-state index in [1.54, 1.807) is 31.3 Å². The topological polar surface area (TPSA) is 90.7 Å². The van der Waals surface area contributed by atoms with Crippen LogP contribution in [0, 0.1) is 0 Å². The van der Waals surface area contributed by atoms with Crippen molar-refractivity contribution in [3.05, 3.63) is 42.1 Å². The standard InChI is InChI=1S/C16H19NO4/c1-2-12(18)9-14(19)15(16(20)21)11-6-5-10-4-3-7-17-13(10)8-11/h3-8,12,14-15,18-19H,2,9H2,1H3,(H,20,21). The van der Waals surface area contributed by atoms with Crippen LogP contribution in [0.25, 0.3) is 10.9 Å². The van der Waals surface area contributed by atoms with Gasteiger partial charge in [0.15, 0.2) is 0 Å². The second-order valence-corrected chi connectivity index (χ2v) is 5.14. The first kappa shape index (κ1) is 15.4. The second kappa shape index (κ2) is 6.65. The summed E-state index contributed by atoms with van der Waals surface area (Å²) in [4.78, 5) is 15.7. The van der Waals surface area contributed by atoms with Crippen molar-refractivity contribution in [3.63, 3.8) is 0 Å². The summed E-state index contributed by atoms with van der Waals surface area (Å²) in [6.07, 6.45) is 0.300. The van der Waals surface area contributed by atoms with Crippen LogP contribution in [0.4, 0.5) is 0 Å². The van der Waals surface area contributed by atoms with E-state index >= 15 is 0 Å². The molecular formula is C16H19NO4. The van der Waals surface area contributed by atoms with E-state index in [1.807, 2.05) is 12.1 Å². The molecule has 0 fully saturated rings. The van der Waals surface area contributed by atoms with Crippen LogP contribution < -0.4 is 0 Å². The molecule has 21 heavy (non-hydrogen) atoms. The van der Waals surface area contributed by atoms with Crippen molar-refractivity contribution in [2.75, 3.05) is 0 Å². The number of pyridine rings is 1. The third kappa shape index (κ3) is 3.56. The molecule has 5 heteroatoms. The van der Waals surface area contributed by atoms with Crippen molar-refractivity contribution in [2.45, 2.75) is 37.9 Å². The van der Waals surface area contributed by atoms with Crippen LogP contribution in [-0.4, -0.2) is 38.5 Å². The maximum atomic E-state index is 11.5.